The maximum absolute atomic E-state index is 12.7. The standard InChI is InChI=1S/C17H19NO4S/c1-13-7-9-15(10-8-13)23(19,20)18-16(17-21-11-12-22-17)14-5-3-2-4-6-14/h2-10,16-18H,11-12H2,1H3. The summed E-state index contributed by atoms with van der Waals surface area (Å²) in [6.45, 7) is 2.83. The number of benzene rings is 2. The summed E-state index contributed by atoms with van der Waals surface area (Å²) in [5, 5.41) is 0. The molecule has 1 N–H and O–H groups in total. The number of nitrogens with one attached hydrogen (secondary N) is 1. The fourth-order valence-corrected chi connectivity index (χ4v) is 3.67. The van der Waals surface area contributed by atoms with Crippen LogP contribution in [0.3, 0.4) is 0 Å². The second kappa shape index (κ2) is 6.80. The maximum atomic E-state index is 12.7. The average molecular weight is 333 g/mol. The second-order valence-electron chi connectivity index (χ2n) is 5.43. The molecule has 1 atom stereocenters. The molecule has 2 aromatic rings. The molecule has 3 rings (SSSR count). The molecule has 1 unspecified atom stereocenters. The Morgan fingerprint density at radius 2 is 1.61 bits per heavy atom. The van der Waals surface area contributed by atoms with Crippen molar-refractivity contribution in [2.75, 3.05) is 13.2 Å². The van der Waals surface area contributed by atoms with E-state index in [1.807, 2.05) is 37.3 Å². The summed E-state index contributed by atoms with van der Waals surface area (Å²) in [6, 6.07) is 15.4. The predicted octanol–water partition coefficient (Wildman–Crippen LogP) is 2.39. The van der Waals surface area contributed by atoms with Gasteiger partial charge < -0.3 is 9.47 Å². The minimum atomic E-state index is -3.67. The van der Waals surface area contributed by atoms with Crippen LogP contribution in [0.2, 0.25) is 0 Å². The number of aryl methyl sites for hydroxylation is 1. The molecule has 0 amide bonds. The molecule has 0 saturated carbocycles. The fourth-order valence-electron chi connectivity index (χ4n) is 2.46. The third-order valence-electron chi connectivity index (χ3n) is 3.69. The van der Waals surface area contributed by atoms with E-state index in [0.29, 0.717) is 13.2 Å². The molecular formula is C17H19NO4S. The third kappa shape index (κ3) is 3.79. The van der Waals surface area contributed by atoms with Crippen LogP contribution in [0.1, 0.15) is 17.2 Å². The Morgan fingerprint density at radius 3 is 2.22 bits per heavy atom. The van der Waals surface area contributed by atoms with Gasteiger partial charge in [-0.15, -0.1) is 0 Å². The van der Waals surface area contributed by atoms with Crippen LogP contribution in [0.5, 0.6) is 0 Å². The molecule has 1 aliphatic rings. The molecular weight excluding hydrogens is 314 g/mol. The van der Waals surface area contributed by atoms with Crippen molar-refractivity contribution >= 4 is 10.0 Å². The van der Waals surface area contributed by atoms with Gasteiger partial charge in [0.15, 0.2) is 6.29 Å². The lowest BCUT2D eigenvalue weighted by Crippen LogP contribution is -2.36. The van der Waals surface area contributed by atoms with Gasteiger partial charge in [0.1, 0.15) is 0 Å². The molecule has 1 saturated heterocycles. The lowest BCUT2D eigenvalue weighted by molar-refractivity contribution is -0.0635. The Morgan fingerprint density at radius 1 is 1.00 bits per heavy atom. The Labute approximate surface area is 136 Å². The average Bonchev–Trinajstić information content (AvgIpc) is 3.08. The molecule has 0 spiro atoms. The zero-order chi connectivity index (χ0) is 16.3. The number of sulfonamides is 1. The monoisotopic (exact) mass is 333 g/mol. The van der Waals surface area contributed by atoms with E-state index in [0.717, 1.165) is 11.1 Å². The van der Waals surface area contributed by atoms with E-state index in [9.17, 15) is 8.42 Å². The quantitative estimate of drug-likeness (QED) is 0.912. The normalized spacial score (nSPS) is 17.3. The van der Waals surface area contributed by atoms with E-state index in [2.05, 4.69) is 4.72 Å². The van der Waals surface area contributed by atoms with Crippen LogP contribution >= 0.6 is 0 Å². The van der Waals surface area contributed by atoms with E-state index < -0.39 is 22.4 Å². The van der Waals surface area contributed by atoms with Gasteiger partial charge >= 0.3 is 0 Å². The van der Waals surface area contributed by atoms with Crippen molar-refractivity contribution in [2.45, 2.75) is 24.2 Å². The molecule has 0 aliphatic carbocycles. The van der Waals surface area contributed by atoms with E-state index >= 15 is 0 Å². The molecule has 0 bridgehead atoms. The van der Waals surface area contributed by atoms with E-state index in [-0.39, 0.29) is 4.90 Å². The maximum Gasteiger partial charge on any atom is 0.241 e. The molecule has 2 aromatic carbocycles. The summed E-state index contributed by atoms with van der Waals surface area (Å²) in [5.41, 5.74) is 1.81. The highest BCUT2D eigenvalue weighted by Crippen LogP contribution is 2.25. The predicted molar refractivity (Wildman–Crippen MR) is 86.4 cm³/mol. The summed E-state index contributed by atoms with van der Waals surface area (Å²) < 4.78 is 39.1. The van der Waals surface area contributed by atoms with Gasteiger partial charge in [-0.1, -0.05) is 48.0 Å². The van der Waals surface area contributed by atoms with E-state index in [4.69, 9.17) is 9.47 Å². The molecule has 23 heavy (non-hydrogen) atoms. The number of rotatable bonds is 5. The van der Waals surface area contributed by atoms with Crippen LogP contribution in [-0.2, 0) is 19.5 Å². The Hall–Kier alpha value is -1.73. The van der Waals surface area contributed by atoms with Crippen LogP contribution in [0.25, 0.3) is 0 Å². The summed E-state index contributed by atoms with van der Waals surface area (Å²) in [7, 11) is -3.67. The van der Waals surface area contributed by atoms with Gasteiger partial charge in [0.2, 0.25) is 10.0 Å². The highest BCUT2D eigenvalue weighted by atomic mass is 32.2. The molecule has 0 radical (unpaired) electrons. The first-order valence-corrected chi connectivity index (χ1v) is 8.92. The first-order valence-electron chi connectivity index (χ1n) is 7.43. The number of hydrogen-bond donors (Lipinski definition) is 1. The molecule has 122 valence electrons. The molecule has 0 aromatic heterocycles. The Kier molecular flexibility index (Phi) is 4.77. The summed E-state index contributed by atoms with van der Waals surface area (Å²) in [5.74, 6) is 0. The van der Waals surface area contributed by atoms with Crippen molar-refractivity contribution in [3.8, 4) is 0 Å². The fraction of sp³-hybridized carbons (Fsp3) is 0.294. The first-order chi connectivity index (χ1) is 11.1. The van der Waals surface area contributed by atoms with Gasteiger partial charge in [0, 0.05) is 0 Å². The largest absolute Gasteiger partial charge is 0.348 e. The highest BCUT2D eigenvalue weighted by molar-refractivity contribution is 7.89. The Balaban J connectivity index is 1.90. The number of ether oxygens (including phenoxy) is 2. The molecule has 5 nitrogen and oxygen atoms in total. The van der Waals surface area contributed by atoms with Crippen molar-refractivity contribution in [3.63, 3.8) is 0 Å². The van der Waals surface area contributed by atoms with Crippen molar-refractivity contribution in [1.82, 2.24) is 4.72 Å². The van der Waals surface area contributed by atoms with Gasteiger partial charge in [-0.25, -0.2) is 8.42 Å². The minimum Gasteiger partial charge on any atom is -0.348 e. The van der Waals surface area contributed by atoms with Crippen LogP contribution in [-0.4, -0.2) is 27.9 Å². The van der Waals surface area contributed by atoms with Gasteiger partial charge in [-0.3, -0.25) is 0 Å². The summed E-state index contributed by atoms with van der Waals surface area (Å²) in [6.07, 6.45) is -0.627. The van der Waals surface area contributed by atoms with E-state index in [1.165, 1.54) is 0 Å². The smallest absolute Gasteiger partial charge is 0.241 e. The molecule has 1 fully saturated rings. The van der Waals surface area contributed by atoms with Crippen LogP contribution in [0, 0.1) is 6.92 Å². The van der Waals surface area contributed by atoms with Gasteiger partial charge in [0.05, 0.1) is 24.2 Å². The van der Waals surface area contributed by atoms with Gasteiger partial charge in [-0.05, 0) is 24.6 Å². The van der Waals surface area contributed by atoms with Crippen LogP contribution < -0.4 is 4.72 Å². The van der Waals surface area contributed by atoms with Gasteiger partial charge in [0.25, 0.3) is 0 Å². The summed E-state index contributed by atoms with van der Waals surface area (Å²) in [4.78, 5) is 0.224. The molecule has 1 aliphatic heterocycles. The zero-order valence-corrected chi connectivity index (χ0v) is 13.6. The van der Waals surface area contributed by atoms with Crippen molar-refractivity contribution in [2.24, 2.45) is 0 Å². The number of hydrogen-bond acceptors (Lipinski definition) is 4. The topological polar surface area (TPSA) is 64.6 Å². The SMILES string of the molecule is Cc1ccc(S(=O)(=O)NC(c2ccccc2)C2OCCO2)cc1. The molecule has 1 heterocycles. The van der Waals surface area contributed by atoms with Crippen molar-refractivity contribution in [3.05, 3.63) is 65.7 Å². The van der Waals surface area contributed by atoms with Crippen molar-refractivity contribution < 1.29 is 17.9 Å². The van der Waals surface area contributed by atoms with Crippen LogP contribution in [0.4, 0.5) is 0 Å². The van der Waals surface area contributed by atoms with Gasteiger partial charge in [-0.2, -0.15) is 4.72 Å². The second-order valence-corrected chi connectivity index (χ2v) is 7.15. The Bertz CT molecular complexity index is 738. The lowest BCUT2D eigenvalue weighted by Gasteiger charge is -2.23. The van der Waals surface area contributed by atoms with Crippen molar-refractivity contribution in [1.29, 1.82) is 0 Å². The third-order valence-corrected chi connectivity index (χ3v) is 5.15. The lowest BCUT2D eigenvalue weighted by atomic mass is 10.1. The minimum absolute atomic E-state index is 0.224. The van der Waals surface area contributed by atoms with Crippen LogP contribution in [0.15, 0.2) is 59.5 Å². The first kappa shape index (κ1) is 16.1. The highest BCUT2D eigenvalue weighted by Gasteiger charge is 2.32. The summed E-state index contributed by atoms with van der Waals surface area (Å²) >= 11 is 0. The zero-order valence-electron chi connectivity index (χ0n) is 12.8. The molecule has 6 heteroatoms. The van der Waals surface area contributed by atoms with E-state index in [1.54, 1.807) is 24.3 Å².